The van der Waals surface area contributed by atoms with E-state index in [1.54, 1.807) is 43.0 Å². The van der Waals surface area contributed by atoms with Crippen LogP contribution < -0.4 is 10.0 Å². The third-order valence-corrected chi connectivity index (χ3v) is 7.69. The highest BCUT2D eigenvalue weighted by atomic mass is 35.5. The minimum absolute atomic E-state index is 0.0822. The molecule has 32 heavy (non-hydrogen) atoms. The molecule has 0 aliphatic heterocycles. The number of hydrogen-bond donors (Lipinski definition) is 2. The number of rotatable bonds is 9. The van der Waals surface area contributed by atoms with Gasteiger partial charge in [0.2, 0.25) is 0 Å². The van der Waals surface area contributed by atoms with Crippen LogP contribution in [0.3, 0.4) is 0 Å². The van der Waals surface area contributed by atoms with E-state index >= 15 is 0 Å². The molecule has 2 N–H and O–H groups in total. The molecule has 0 aliphatic carbocycles. The number of thioether (sulfide) groups is 1. The van der Waals surface area contributed by atoms with Crippen molar-refractivity contribution in [3.63, 3.8) is 0 Å². The zero-order chi connectivity index (χ0) is 23.1. The van der Waals surface area contributed by atoms with E-state index in [0.717, 1.165) is 21.9 Å². The molecule has 1 amide bonds. The molecule has 0 fully saturated rings. The average molecular weight is 489 g/mol. The largest absolute Gasteiger partial charge is 0.351 e. The first-order valence-electron chi connectivity index (χ1n) is 10.1. The number of halogens is 1. The summed E-state index contributed by atoms with van der Waals surface area (Å²) in [5.74, 6) is 1.16. The predicted molar refractivity (Wildman–Crippen MR) is 133 cm³/mol. The summed E-state index contributed by atoms with van der Waals surface area (Å²) in [5.41, 5.74) is 3.43. The van der Waals surface area contributed by atoms with Crippen LogP contribution in [-0.2, 0) is 15.8 Å². The summed E-state index contributed by atoms with van der Waals surface area (Å²) in [4.78, 5) is 12.6. The lowest BCUT2D eigenvalue weighted by atomic mass is 10.1. The fraction of sp³-hybridized carbons (Fsp3) is 0.208. The Hall–Kier alpha value is -2.48. The number of nitrogens with one attached hydrogen (secondary N) is 2. The fourth-order valence-corrected chi connectivity index (χ4v) is 5.47. The molecule has 0 spiro atoms. The van der Waals surface area contributed by atoms with Gasteiger partial charge in [-0.1, -0.05) is 53.6 Å². The van der Waals surface area contributed by atoms with Crippen molar-refractivity contribution in [1.82, 2.24) is 5.32 Å². The molecule has 8 heteroatoms. The minimum atomic E-state index is -3.82. The maximum Gasteiger partial charge on any atom is 0.262 e. The molecule has 0 aliphatic rings. The number of amides is 1. The van der Waals surface area contributed by atoms with Crippen molar-refractivity contribution in [3.05, 3.63) is 94.0 Å². The Balaban J connectivity index is 1.59. The molecule has 168 valence electrons. The maximum atomic E-state index is 12.9. The number of sulfonamides is 1. The van der Waals surface area contributed by atoms with Gasteiger partial charge in [-0.25, -0.2) is 8.42 Å². The van der Waals surface area contributed by atoms with Gasteiger partial charge in [-0.05, 0) is 55.3 Å². The summed E-state index contributed by atoms with van der Waals surface area (Å²) in [5, 5.41) is 3.58. The van der Waals surface area contributed by atoms with Gasteiger partial charge >= 0.3 is 0 Å². The Kier molecular flexibility index (Phi) is 8.23. The van der Waals surface area contributed by atoms with E-state index in [0.29, 0.717) is 29.1 Å². The van der Waals surface area contributed by atoms with Gasteiger partial charge in [-0.15, -0.1) is 0 Å². The molecule has 0 saturated carbocycles. The van der Waals surface area contributed by atoms with Crippen LogP contribution in [-0.4, -0.2) is 26.6 Å². The Morgan fingerprint density at radius 2 is 1.72 bits per heavy atom. The molecular formula is C24H25ClN2O3S2. The fourth-order valence-electron chi connectivity index (χ4n) is 3.00. The number of aryl methyl sites for hydroxylation is 2. The molecule has 0 radical (unpaired) electrons. The van der Waals surface area contributed by atoms with Gasteiger partial charge in [0.25, 0.3) is 15.9 Å². The number of benzene rings is 3. The molecule has 0 unspecified atom stereocenters. The highest BCUT2D eigenvalue weighted by molar-refractivity contribution is 7.98. The van der Waals surface area contributed by atoms with E-state index in [-0.39, 0.29) is 10.8 Å². The van der Waals surface area contributed by atoms with Crippen LogP contribution in [0.2, 0.25) is 5.02 Å². The standard InChI is InChI=1S/C24H25ClN2O3S2/c1-17-7-11-21(12-8-17)27-32(29,30)23-15-19(10-9-18(23)2)24(28)26-13-14-31-16-20-5-3-4-6-22(20)25/h3-12,15,27H,13-14,16H2,1-2H3,(H,26,28). The van der Waals surface area contributed by atoms with Gasteiger partial charge in [0.1, 0.15) is 0 Å². The molecular weight excluding hydrogens is 464 g/mol. The second-order valence-corrected chi connectivity index (χ2v) is 10.5. The lowest BCUT2D eigenvalue weighted by Gasteiger charge is -2.12. The van der Waals surface area contributed by atoms with Crippen molar-refractivity contribution >= 4 is 45.0 Å². The quantitative estimate of drug-likeness (QED) is 0.394. The lowest BCUT2D eigenvalue weighted by molar-refractivity contribution is 0.0956. The van der Waals surface area contributed by atoms with Crippen molar-refractivity contribution in [2.45, 2.75) is 24.5 Å². The molecule has 0 aromatic heterocycles. The Bertz CT molecular complexity index is 1200. The monoisotopic (exact) mass is 488 g/mol. The summed E-state index contributed by atoms with van der Waals surface area (Å²) in [6.07, 6.45) is 0. The van der Waals surface area contributed by atoms with Crippen LogP contribution in [0.1, 0.15) is 27.0 Å². The zero-order valence-corrected chi connectivity index (χ0v) is 20.3. The zero-order valence-electron chi connectivity index (χ0n) is 17.9. The number of carbonyl (C=O) groups is 1. The highest BCUT2D eigenvalue weighted by Gasteiger charge is 2.19. The van der Waals surface area contributed by atoms with E-state index in [9.17, 15) is 13.2 Å². The van der Waals surface area contributed by atoms with Crippen LogP contribution in [0, 0.1) is 13.8 Å². The summed E-state index contributed by atoms with van der Waals surface area (Å²) in [6, 6.07) is 19.4. The van der Waals surface area contributed by atoms with Crippen LogP contribution in [0.15, 0.2) is 71.6 Å². The average Bonchev–Trinajstić information content (AvgIpc) is 2.76. The van der Waals surface area contributed by atoms with E-state index in [1.807, 2.05) is 43.3 Å². The second-order valence-electron chi connectivity index (χ2n) is 7.35. The SMILES string of the molecule is Cc1ccc(NS(=O)(=O)c2cc(C(=O)NCCSCc3ccccc3Cl)ccc2C)cc1. The normalized spacial score (nSPS) is 11.2. The van der Waals surface area contributed by atoms with Crippen molar-refractivity contribution in [1.29, 1.82) is 0 Å². The highest BCUT2D eigenvalue weighted by Crippen LogP contribution is 2.22. The van der Waals surface area contributed by atoms with E-state index in [1.165, 1.54) is 6.07 Å². The lowest BCUT2D eigenvalue weighted by Crippen LogP contribution is -2.26. The summed E-state index contributed by atoms with van der Waals surface area (Å²) in [7, 11) is -3.82. The summed E-state index contributed by atoms with van der Waals surface area (Å²) >= 11 is 7.82. The summed E-state index contributed by atoms with van der Waals surface area (Å²) < 4.78 is 28.3. The molecule has 3 rings (SSSR count). The molecule has 3 aromatic rings. The van der Waals surface area contributed by atoms with E-state index in [2.05, 4.69) is 10.0 Å². The molecule has 3 aromatic carbocycles. The first-order chi connectivity index (χ1) is 15.3. The smallest absolute Gasteiger partial charge is 0.262 e. The first-order valence-corrected chi connectivity index (χ1v) is 13.1. The number of carbonyl (C=O) groups excluding carboxylic acids is 1. The molecule has 0 bridgehead atoms. The molecule has 0 saturated heterocycles. The summed E-state index contributed by atoms with van der Waals surface area (Å²) in [6.45, 7) is 4.10. The van der Waals surface area contributed by atoms with Gasteiger partial charge in [0.05, 0.1) is 4.90 Å². The van der Waals surface area contributed by atoms with Crippen LogP contribution >= 0.6 is 23.4 Å². The maximum absolute atomic E-state index is 12.9. The van der Waals surface area contributed by atoms with Crippen molar-refractivity contribution in [3.8, 4) is 0 Å². The predicted octanol–water partition coefficient (Wildman–Crippen LogP) is 5.42. The number of anilines is 1. The van der Waals surface area contributed by atoms with E-state index < -0.39 is 10.0 Å². The van der Waals surface area contributed by atoms with Crippen LogP contribution in [0.4, 0.5) is 5.69 Å². The molecule has 0 heterocycles. The third-order valence-electron chi connectivity index (χ3n) is 4.79. The van der Waals surface area contributed by atoms with E-state index in [4.69, 9.17) is 11.6 Å². The third kappa shape index (κ3) is 6.51. The van der Waals surface area contributed by atoms with Crippen molar-refractivity contribution in [2.75, 3.05) is 17.0 Å². The number of hydrogen-bond acceptors (Lipinski definition) is 4. The van der Waals surface area contributed by atoms with Gasteiger partial charge in [-0.3, -0.25) is 9.52 Å². The van der Waals surface area contributed by atoms with Crippen molar-refractivity contribution in [2.24, 2.45) is 0 Å². The van der Waals surface area contributed by atoms with Gasteiger partial charge in [0, 0.05) is 34.3 Å². The van der Waals surface area contributed by atoms with Gasteiger partial charge in [-0.2, -0.15) is 11.8 Å². The Morgan fingerprint density at radius 3 is 2.44 bits per heavy atom. The minimum Gasteiger partial charge on any atom is -0.351 e. The van der Waals surface area contributed by atoms with Crippen LogP contribution in [0.5, 0.6) is 0 Å². The molecule has 5 nitrogen and oxygen atoms in total. The topological polar surface area (TPSA) is 75.3 Å². The second kappa shape index (κ2) is 10.9. The Labute approximate surface area is 198 Å². The Morgan fingerprint density at radius 1 is 1.00 bits per heavy atom. The molecule has 0 atom stereocenters. The first kappa shape index (κ1) is 24.2. The van der Waals surface area contributed by atoms with Crippen molar-refractivity contribution < 1.29 is 13.2 Å². The van der Waals surface area contributed by atoms with Gasteiger partial charge in [0.15, 0.2) is 0 Å². The van der Waals surface area contributed by atoms with Crippen LogP contribution in [0.25, 0.3) is 0 Å². The van der Waals surface area contributed by atoms with Gasteiger partial charge < -0.3 is 5.32 Å².